The van der Waals surface area contributed by atoms with Gasteiger partial charge < -0.3 is 9.47 Å². The maximum Gasteiger partial charge on any atom is 0.328 e. The summed E-state index contributed by atoms with van der Waals surface area (Å²) in [6, 6.07) is 7.46. The smallest absolute Gasteiger partial charge is 0.328 e. The number of hydrogen-bond donors (Lipinski definition) is 2. The van der Waals surface area contributed by atoms with Crippen molar-refractivity contribution in [1.29, 1.82) is 0 Å². The molecule has 150 valence electrons. The largest absolute Gasteiger partial charge is 0.493 e. The first-order valence-electron chi connectivity index (χ1n) is 8.11. The number of imide groups is 2. The number of nitrogens with one attached hydrogen (secondary N) is 2. The fourth-order valence-corrected chi connectivity index (χ4v) is 3.56. The van der Waals surface area contributed by atoms with Crippen molar-refractivity contribution in [3.8, 4) is 11.5 Å². The Morgan fingerprint density at radius 2 is 1.76 bits per heavy atom. The van der Waals surface area contributed by atoms with Gasteiger partial charge in [-0.15, -0.1) is 0 Å². The van der Waals surface area contributed by atoms with Crippen LogP contribution in [0.4, 0.5) is 4.79 Å². The zero-order chi connectivity index (χ0) is 21.1. The van der Waals surface area contributed by atoms with E-state index in [2.05, 4.69) is 15.9 Å². The van der Waals surface area contributed by atoms with E-state index in [1.807, 2.05) is 10.6 Å². The van der Waals surface area contributed by atoms with E-state index >= 15 is 0 Å². The van der Waals surface area contributed by atoms with Crippen molar-refractivity contribution in [3.05, 3.63) is 61.5 Å². The first-order valence-corrected chi connectivity index (χ1v) is 9.66. The van der Waals surface area contributed by atoms with Gasteiger partial charge in [0, 0.05) is 15.6 Å². The number of ether oxygens (including phenoxy) is 2. The van der Waals surface area contributed by atoms with Crippen LogP contribution in [-0.4, -0.2) is 25.0 Å². The highest BCUT2D eigenvalue weighted by atomic mass is 79.9. The van der Waals surface area contributed by atoms with E-state index in [1.165, 1.54) is 13.2 Å². The van der Waals surface area contributed by atoms with E-state index in [0.29, 0.717) is 31.6 Å². The summed E-state index contributed by atoms with van der Waals surface area (Å²) >= 11 is 15.5. The van der Waals surface area contributed by atoms with Crippen LogP contribution in [0.1, 0.15) is 11.1 Å². The lowest BCUT2D eigenvalue weighted by Gasteiger charge is -2.16. The standard InChI is InChI=1S/C19H13BrCl2N2O5/c1-28-15-6-9(4-12-17(25)23-19(27)24-18(12)26)5-13(20)16(15)29-8-10-2-3-11(21)7-14(10)22/h2-7H,8H2,1H3,(H2,23,24,25,26,27). The third-order valence-corrected chi connectivity index (χ3v) is 5.07. The molecular formula is C19H13BrCl2N2O5. The van der Waals surface area contributed by atoms with Crippen LogP contribution in [0.5, 0.6) is 11.5 Å². The summed E-state index contributed by atoms with van der Waals surface area (Å²) in [5.41, 5.74) is 1.01. The number of barbiturate groups is 1. The fourth-order valence-electron chi connectivity index (χ4n) is 2.52. The molecule has 0 unspecified atom stereocenters. The average Bonchev–Trinajstić information content (AvgIpc) is 2.64. The molecule has 0 saturated carbocycles. The van der Waals surface area contributed by atoms with E-state index < -0.39 is 17.8 Å². The van der Waals surface area contributed by atoms with Crippen molar-refractivity contribution in [2.24, 2.45) is 0 Å². The highest BCUT2D eigenvalue weighted by Crippen LogP contribution is 2.38. The maximum absolute atomic E-state index is 11.9. The Hall–Kier alpha value is -2.55. The number of rotatable bonds is 5. The summed E-state index contributed by atoms with van der Waals surface area (Å²) in [6.07, 6.45) is 1.34. The molecule has 1 fully saturated rings. The van der Waals surface area contributed by atoms with E-state index in [0.717, 1.165) is 5.56 Å². The summed E-state index contributed by atoms with van der Waals surface area (Å²) in [6.45, 7) is 0.165. The normalized spacial score (nSPS) is 13.7. The van der Waals surface area contributed by atoms with Gasteiger partial charge in [0.2, 0.25) is 0 Å². The molecule has 2 aromatic carbocycles. The van der Waals surface area contributed by atoms with Gasteiger partial charge in [0.1, 0.15) is 12.2 Å². The van der Waals surface area contributed by atoms with E-state index in [-0.39, 0.29) is 12.2 Å². The summed E-state index contributed by atoms with van der Waals surface area (Å²) in [5, 5.41) is 5.02. The Labute approximate surface area is 184 Å². The number of amides is 4. The molecule has 10 heteroatoms. The number of methoxy groups -OCH3 is 1. The topological polar surface area (TPSA) is 93.7 Å². The lowest BCUT2D eigenvalue weighted by molar-refractivity contribution is -0.123. The van der Waals surface area contributed by atoms with E-state index in [4.69, 9.17) is 32.7 Å². The average molecular weight is 500 g/mol. The summed E-state index contributed by atoms with van der Waals surface area (Å²) in [4.78, 5) is 34.9. The Kier molecular flexibility index (Phi) is 6.46. The van der Waals surface area contributed by atoms with Crippen molar-refractivity contribution >= 4 is 63.1 Å². The molecule has 3 rings (SSSR count). The second kappa shape index (κ2) is 8.86. The molecule has 0 aliphatic carbocycles. The van der Waals surface area contributed by atoms with Crippen LogP contribution in [0.2, 0.25) is 10.0 Å². The zero-order valence-electron chi connectivity index (χ0n) is 14.8. The lowest BCUT2D eigenvalue weighted by atomic mass is 10.1. The highest BCUT2D eigenvalue weighted by Gasteiger charge is 2.28. The van der Waals surface area contributed by atoms with Crippen molar-refractivity contribution in [1.82, 2.24) is 10.6 Å². The van der Waals surface area contributed by atoms with Crippen LogP contribution in [0.25, 0.3) is 6.08 Å². The highest BCUT2D eigenvalue weighted by molar-refractivity contribution is 9.10. The maximum atomic E-state index is 11.9. The molecule has 0 aromatic heterocycles. The first-order chi connectivity index (χ1) is 13.8. The van der Waals surface area contributed by atoms with Gasteiger partial charge in [0.25, 0.3) is 11.8 Å². The number of carbonyl (C=O) groups excluding carboxylic acids is 3. The summed E-state index contributed by atoms with van der Waals surface area (Å²) in [5.74, 6) is -0.796. The van der Waals surface area contributed by atoms with Gasteiger partial charge in [-0.1, -0.05) is 29.3 Å². The van der Waals surface area contributed by atoms with Gasteiger partial charge in [0.15, 0.2) is 11.5 Å². The Morgan fingerprint density at radius 3 is 2.38 bits per heavy atom. The predicted molar refractivity (Wildman–Crippen MR) is 111 cm³/mol. The SMILES string of the molecule is COc1cc(C=C2C(=O)NC(=O)NC2=O)cc(Br)c1OCc1ccc(Cl)cc1Cl. The molecule has 1 aliphatic heterocycles. The molecule has 29 heavy (non-hydrogen) atoms. The minimum absolute atomic E-state index is 0.165. The molecule has 7 nitrogen and oxygen atoms in total. The fraction of sp³-hybridized carbons (Fsp3) is 0.105. The zero-order valence-corrected chi connectivity index (χ0v) is 17.9. The van der Waals surface area contributed by atoms with Crippen molar-refractivity contribution < 1.29 is 23.9 Å². The third kappa shape index (κ3) is 4.90. The predicted octanol–water partition coefficient (Wildman–Crippen LogP) is 4.09. The molecule has 1 heterocycles. The molecule has 0 atom stereocenters. The van der Waals surface area contributed by atoms with Crippen LogP contribution in [0.3, 0.4) is 0 Å². The lowest BCUT2D eigenvalue weighted by Crippen LogP contribution is -2.51. The van der Waals surface area contributed by atoms with Crippen LogP contribution in [0.15, 0.2) is 40.4 Å². The van der Waals surface area contributed by atoms with Gasteiger partial charge in [0.05, 0.1) is 11.6 Å². The molecule has 0 spiro atoms. The summed E-state index contributed by atoms with van der Waals surface area (Å²) in [7, 11) is 1.46. The van der Waals surface area contributed by atoms with Gasteiger partial charge in [-0.3, -0.25) is 20.2 Å². The minimum Gasteiger partial charge on any atom is -0.493 e. The Balaban J connectivity index is 1.87. The van der Waals surface area contributed by atoms with E-state index in [9.17, 15) is 14.4 Å². The van der Waals surface area contributed by atoms with Crippen LogP contribution in [-0.2, 0) is 16.2 Å². The van der Waals surface area contributed by atoms with Crippen molar-refractivity contribution in [2.45, 2.75) is 6.61 Å². The Morgan fingerprint density at radius 1 is 1.07 bits per heavy atom. The number of hydrogen-bond acceptors (Lipinski definition) is 5. The summed E-state index contributed by atoms with van der Waals surface area (Å²) < 4.78 is 11.7. The molecule has 2 N–H and O–H groups in total. The van der Waals surface area contributed by atoms with Crippen LogP contribution in [0, 0.1) is 0 Å². The van der Waals surface area contributed by atoms with Crippen molar-refractivity contribution in [2.75, 3.05) is 7.11 Å². The monoisotopic (exact) mass is 498 g/mol. The van der Waals surface area contributed by atoms with Gasteiger partial charge >= 0.3 is 6.03 Å². The molecule has 4 amide bonds. The number of halogens is 3. The van der Waals surface area contributed by atoms with Crippen LogP contribution >= 0.6 is 39.1 Å². The van der Waals surface area contributed by atoms with Crippen LogP contribution < -0.4 is 20.1 Å². The number of carbonyl (C=O) groups is 3. The first kappa shape index (κ1) is 21.2. The number of benzene rings is 2. The van der Waals surface area contributed by atoms with Gasteiger partial charge in [-0.25, -0.2) is 4.79 Å². The van der Waals surface area contributed by atoms with E-state index in [1.54, 1.807) is 30.3 Å². The molecule has 2 aromatic rings. The third-order valence-electron chi connectivity index (χ3n) is 3.89. The number of urea groups is 1. The molecule has 0 radical (unpaired) electrons. The van der Waals surface area contributed by atoms with Gasteiger partial charge in [-0.2, -0.15) is 0 Å². The van der Waals surface area contributed by atoms with Crippen molar-refractivity contribution in [3.63, 3.8) is 0 Å². The molecule has 1 saturated heterocycles. The molecular weight excluding hydrogens is 487 g/mol. The second-order valence-corrected chi connectivity index (χ2v) is 7.55. The quantitative estimate of drug-likeness (QED) is 0.477. The molecule has 1 aliphatic rings. The minimum atomic E-state index is -0.861. The Bertz CT molecular complexity index is 1030. The molecule has 0 bridgehead atoms. The van der Waals surface area contributed by atoms with Gasteiger partial charge in [-0.05, 0) is 51.8 Å². The second-order valence-electron chi connectivity index (χ2n) is 5.85.